The quantitative estimate of drug-likeness (QED) is 0.264. The summed E-state index contributed by atoms with van der Waals surface area (Å²) < 4.78 is 11.3. The van der Waals surface area contributed by atoms with Crippen molar-refractivity contribution in [1.82, 2.24) is 9.55 Å². The molecule has 1 aromatic heterocycles. The van der Waals surface area contributed by atoms with E-state index in [0.717, 1.165) is 7.11 Å². The number of hydrogen-bond donors (Lipinski definition) is 5. The predicted molar refractivity (Wildman–Crippen MR) is 95.5 cm³/mol. The number of aromatic nitrogens is 2. The molecule has 2 heterocycles. The van der Waals surface area contributed by atoms with Crippen LogP contribution < -0.4 is 11.4 Å². The lowest BCUT2D eigenvalue weighted by Crippen LogP contribution is -2.47. The largest absolute Gasteiger partial charge is 0.405 e. The van der Waals surface area contributed by atoms with Crippen molar-refractivity contribution in [2.45, 2.75) is 51.4 Å². The standard InChI is InChI=1S/C11H15N3O6S.C3H8.CH4O/c12-5-9(15)20-11(17,18)6-1-2-8(19-6)14-4-3-7(21)13-10(14)16;1-3-2;1-2/h3-4,6,8,17-18H,1-2,5,12H2,(H,13,16,21);3H2,1-2H3;2H,1H3. The van der Waals surface area contributed by atoms with Gasteiger partial charge in [-0.25, -0.2) is 4.79 Å². The Balaban J connectivity index is 0.00000113. The van der Waals surface area contributed by atoms with Gasteiger partial charge in [-0.2, -0.15) is 0 Å². The van der Waals surface area contributed by atoms with Crippen LogP contribution in [-0.4, -0.2) is 56.6 Å². The zero-order chi connectivity index (χ0) is 20.3. The zero-order valence-electron chi connectivity index (χ0n) is 15.0. The number of nitrogens with two attached hydrogens (primary N) is 1. The number of rotatable bonds is 4. The third kappa shape index (κ3) is 7.32. The Morgan fingerprint density at radius 2 is 2.04 bits per heavy atom. The molecular formula is C15H27N3O7S. The maximum Gasteiger partial charge on any atom is 0.352 e. The van der Waals surface area contributed by atoms with Gasteiger partial charge in [-0.1, -0.05) is 32.5 Å². The van der Waals surface area contributed by atoms with E-state index in [1.807, 2.05) is 0 Å². The number of nitrogens with zero attached hydrogens (tertiary/aromatic N) is 1. The van der Waals surface area contributed by atoms with Crippen LogP contribution in [-0.2, 0) is 14.3 Å². The van der Waals surface area contributed by atoms with Crippen molar-refractivity contribution in [1.29, 1.82) is 0 Å². The minimum Gasteiger partial charge on any atom is -0.405 e. The smallest absolute Gasteiger partial charge is 0.352 e. The summed E-state index contributed by atoms with van der Waals surface area (Å²) in [5.74, 6) is -3.77. The number of nitrogens with one attached hydrogen (secondary N) is 1. The molecule has 0 spiro atoms. The highest BCUT2D eigenvalue weighted by Gasteiger charge is 2.45. The minimum atomic E-state index is -2.80. The fraction of sp³-hybridized carbons (Fsp3) is 0.667. The number of carbonyl (C=O) groups excluding carboxylic acids is 1. The first kappa shape index (κ1) is 24.4. The summed E-state index contributed by atoms with van der Waals surface area (Å²) in [6.07, 6.45) is 1.30. The number of esters is 1. The summed E-state index contributed by atoms with van der Waals surface area (Å²) in [6, 6.07) is 1.51. The molecule has 10 nitrogen and oxygen atoms in total. The lowest BCUT2D eigenvalue weighted by atomic mass is 10.2. The fourth-order valence-electron chi connectivity index (χ4n) is 2.03. The molecular weight excluding hydrogens is 366 g/mol. The summed E-state index contributed by atoms with van der Waals surface area (Å²) in [5, 5.41) is 26.4. The molecule has 0 aliphatic carbocycles. The molecule has 1 saturated heterocycles. The first-order chi connectivity index (χ1) is 12.2. The molecule has 11 heteroatoms. The summed E-state index contributed by atoms with van der Waals surface area (Å²) in [6.45, 7) is 3.76. The van der Waals surface area contributed by atoms with Gasteiger partial charge in [0.05, 0.1) is 6.54 Å². The highest BCUT2D eigenvalue weighted by Crippen LogP contribution is 2.32. The Morgan fingerprint density at radius 1 is 1.46 bits per heavy atom. The van der Waals surface area contributed by atoms with Crippen molar-refractivity contribution in [2.24, 2.45) is 5.73 Å². The number of aromatic amines is 1. The van der Waals surface area contributed by atoms with Crippen molar-refractivity contribution in [3.63, 3.8) is 0 Å². The van der Waals surface area contributed by atoms with Crippen LogP contribution in [0, 0.1) is 4.64 Å². The van der Waals surface area contributed by atoms with E-state index < -0.39 is 36.5 Å². The molecule has 1 aromatic rings. The molecule has 1 fully saturated rings. The van der Waals surface area contributed by atoms with Gasteiger partial charge in [0.2, 0.25) is 0 Å². The average Bonchev–Trinajstić information content (AvgIpc) is 3.07. The minimum absolute atomic E-state index is 0.178. The number of aliphatic hydroxyl groups excluding tert-OH is 1. The fourth-order valence-corrected chi connectivity index (χ4v) is 2.18. The van der Waals surface area contributed by atoms with Crippen molar-refractivity contribution >= 4 is 18.2 Å². The molecule has 0 amide bonds. The first-order valence-corrected chi connectivity index (χ1v) is 8.44. The monoisotopic (exact) mass is 393 g/mol. The topological polar surface area (TPSA) is 160 Å². The second-order valence-corrected chi connectivity index (χ2v) is 5.66. The van der Waals surface area contributed by atoms with E-state index in [1.165, 1.54) is 23.3 Å². The SMILES string of the molecule is CCC.CO.NCC(=O)OC(O)(O)C1CCC(n2ccc(=S)[nH]c2=O)O1. The molecule has 0 aromatic carbocycles. The van der Waals surface area contributed by atoms with Crippen LogP contribution in [0.4, 0.5) is 0 Å². The van der Waals surface area contributed by atoms with Crippen LogP contribution in [0.3, 0.4) is 0 Å². The number of ether oxygens (including phenoxy) is 2. The van der Waals surface area contributed by atoms with Gasteiger partial charge in [-0.05, 0) is 18.9 Å². The van der Waals surface area contributed by atoms with Crippen LogP contribution in [0.2, 0.25) is 0 Å². The molecule has 150 valence electrons. The van der Waals surface area contributed by atoms with Crippen molar-refractivity contribution in [3.8, 4) is 0 Å². The van der Waals surface area contributed by atoms with Crippen LogP contribution in [0.1, 0.15) is 39.3 Å². The lowest BCUT2D eigenvalue weighted by Gasteiger charge is -2.27. The molecule has 1 aliphatic rings. The van der Waals surface area contributed by atoms with E-state index in [1.54, 1.807) is 0 Å². The van der Waals surface area contributed by atoms with Gasteiger partial charge in [0.15, 0.2) is 6.10 Å². The highest BCUT2D eigenvalue weighted by atomic mass is 32.1. The van der Waals surface area contributed by atoms with Crippen molar-refractivity contribution in [3.05, 3.63) is 27.4 Å². The van der Waals surface area contributed by atoms with E-state index in [2.05, 4.69) is 23.6 Å². The molecule has 0 saturated carbocycles. The lowest BCUT2D eigenvalue weighted by molar-refractivity contribution is -0.362. The van der Waals surface area contributed by atoms with E-state index in [0.29, 0.717) is 6.42 Å². The van der Waals surface area contributed by atoms with E-state index in [4.69, 9.17) is 27.8 Å². The Hall–Kier alpha value is -1.63. The van der Waals surface area contributed by atoms with Gasteiger partial charge in [0.1, 0.15) is 10.9 Å². The van der Waals surface area contributed by atoms with Gasteiger partial charge in [-0.15, -0.1) is 0 Å². The molecule has 6 N–H and O–H groups in total. The second kappa shape index (κ2) is 11.9. The summed E-state index contributed by atoms with van der Waals surface area (Å²) >= 11 is 4.82. The van der Waals surface area contributed by atoms with Crippen LogP contribution >= 0.6 is 12.2 Å². The Labute approximate surface area is 156 Å². The third-order valence-electron chi connectivity index (χ3n) is 3.01. The van der Waals surface area contributed by atoms with E-state index in [-0.39, 0.29) is 11.1 Å². The average molecular weight is 393 g/mol. The first-order valence-electron chi connectivity index (χ1n) is 8.03. The molecule has 0 radical (unpaired) electrons. The Bertz CT molecular complexity index is 659. The second-order valence-electron chi connectivity index (χ2n) is 5.22. The third-order valence-corrected chi connectivity index (χ3v) is 3.25. The zero-order valence-corrected chi connectivity index (χ0v) is 15.9. The van der Waals surface area contributed by atoms with Gasteiger partial charge in [0.25, 0.3) is 0 Å². The Morgan fingerprint density at radius 3 is 2.54 bits per heavy atom. The van der Waals surface area contributed by atoms with Crippen molar-refractivity contribution in [2.75, 3.05) is 13.7 Å². The number of carbonyl (C=O) groups is 1. The van der Waals surface area contributed by atoms with Crippen LogP contribution in [0.5, 0.6) is 0 Å². The normalized spacial score (nSPS) is 18.9. The molecule has 2 rings (SSSR count). The van der Waals surface area contributed by atoms with Crippen LogP contribution in [0.25, 0.3) is 0 Å². The predicted octanol–water partition coefficient (Wildman–Crippen LogP) is -0.251. The van der Waals surface area contributed by atoms with Gasteiger partial charge < -0.3 is 30.5 Å². The van der Waals surface area contributed by atoms with Gasteiger partial charge in [-0.3, -0.25) is 14.3 Å². The number of H-pyrrole nitrogens is 1. The maximum absolute atomic E-state index is 11.7. The molecule has 26 heavy (non-hydrogen) atoms. The highest BCUT2D eigenvalue weighted by molar-refractivity contribution is 7.71. The summed E-state index contributed by atoms with van der Waals surface area (Å²) in [5.41, 5.74) is 4.56. The molecule has 2 atom stereocenters. The van der Waals surface area contributed by atoms with Gasteiger partial charge in [0, 0.05) is 13.3 Å². The molecule has 2 unspecified atom stereocenters. The molecule has 0 bridgehead atoms. The van der Waals surface area contributed by atoms with Gasteiger partial charge >= 0.3 is 17.6 Å². The Kier molecular flexibility index (Phi) is 11.1. The van der Waals surface area contributed by atoms with Crippen LogP contribution in [0.15, 0.2) is 17.1 Å². The summed E-state index contributed by atoms with van der Waals surface area (Å²) in [4.78, 5) is 25.2. The van der Waals surface area contributed by atoms with E-state index >= 15 is 0 Å². The summed E-state index contributed by atoms with van der Waals surface area (Å²) in [7, 11) is 1.00. The number of aliphatic hydroxyl groups is 3. The molecule has 1 aliphatic heterocycles. The maximum atomic E-state index is 11.7. The number of hydrogen-bond acceptors (Lipinski definition) is 9. The van der Waals surface area contributed by atoms with Crippen molar-refractivity contribution < 1.29 is 29.6 Å². The van der Waals surface area contributed by atoms with E-state index in [9.17, 15) is 19.8 Å².